The fourth-order valence-electron chi connectivity index (χ4n) is 1.82. The SMILES string of the molecule is COCCCN(CC(N)=O)Cc1cccc(N)c1. The van der Waals surface area contributed by atoms with Crippen molar-refractivity contribution in [2.75, 3.05) is 32.5 Å². The number of anilines is 1. The predicted octanol–water partition coefficient (Wildman–Crippen LogP) is 0.593. The predicted molar refractivity (Wildman–Crippen MR) is 71.8 cm³/mol. The first-order valence-electron chi connectivity index (χ1n) is 5.96. The lowest BCUT2D eigenvalue weighted by Crippen LogP contribution is -2.34. The molecule has 1 aromatic carbocycles. The molecule has 0 aliphatic rings. The highest BCUT2D eigenvalue weighted by Gasteiger charge is 2.09. The van der Waals surface area contributed by atoms with Crippen molar-refractivity contribution in [3.05, 3.63) is 29.8 Å². The number of primary amides is 1. The second kappa shape index (κ2) is 7.68. The van der Waals surface area contributed by atoms with Gasteiger partial charge < -0.3 is 16.2 Å². The zero-order valence-corrected chi connectivity index (χ0v) is 10.8. The molecule has 0 bridgehead atoms. The van der Waals surface area contributed by atoms with E-state index >= 15 is 0 Å². The van der Waals surface area contributed by atoms with Crippen LogP contribution in [0.3, 0.4) is 0 Å². The molecule has 0 fully saturated rings. The molecule has 0 aliphatic heterocycles. The van der Waals surface area contributed by atoms with Crippen molar-refractivity contribution < 1.29 is 9.53 Å². The van der Waals surface area contributed by atoms with Crippen LogP contribution in [0.4, 0.5) is 5.69 Å². The summed E-state index contributed by atoms with van der Waals surface area (Å²) in [5, 5.41) is 0. The Kier molecular flexibility index (Phi) is 6.18. The van der Waals surface area contributed by atoms with E-state index in [1.807, 2.05) is 29.2 Å². The Balaban J connectivity index is 2.56. The van der Waals surface area contributed by atoms with Crippen molar-refractivity contribution >= 4 is 11.6 Å². The van der Waals surface area contributed by atoms with Crippen molar-refractivity contribution in [2.24, 2.45) is 5.73 Å². The third-order valence-corrected chi connectivity index (χ3v) is 2.56. The number of nitrogen functional groups attached to an aromatic ring is 1. The molecule has 0 aliphatic carbocycles. The zero-order valence-electron chi connectivity index (χ0n) is 10.8. The topological polar surface area (TPSA) is 81.6 Å². The minimum absolute atomic E-state index is 0.249. The van der Waals surface area contributed by atoms with Gasteiger partial charge in [-0.1, -0.05) is 12.1 Å². The van der Waals surface area contributed by atoms with Gasteiger partial charge in [0.1, 0.15) is 0 Å². The van der Waals surface area contributed by atoms with E-state index in [1.54, 1.807) is 7.11 Å². The van der Waals surface area contributed by atoms with Crippen LogP contribution in [0.2, 0.25) is 0 Å². The van der Waals surface area contributed by atoms with Crippen LogP contribution in [0.25, 0.3) is 0 Å². The molecule has 18 heavy (non-hydrogen) atoms. The summed E-state index contributed by atoms with van der Waals surface area (Å²) in [7, 11) is 1.66. The van der Waals surface area contributed by atoms with Gasteiger partial charge >= 0.3 is 0 Å². The Bertz CT molecular complexity index is 382. The number of carbonyl (C=O) groups excluding carboxylic acids is 1. The number of ether oxygens (including phenoxy) is 1. The van der Waals surface area contributed by atoms with Crippen molar-refractivity contribution in [3.63, 3.8) is 0 Å². The summed E-state index contributed by atoms with van der Waals surface area (Å²) in [6.07, 6.45) is 0.867. The van der Waals surface area contributed by atoms with E-state index in [2.05, 4.69) is 0 Å². The van der Waals surface area contributed by atoms with E-state index in [-0.39, 0.29) is 12.5 Å². The quantitative estimate of drug-likeness (QED) is 0.523. The summed E-state index contributed by atoms with van der Waals surface area (Å²) in [6, 6.07) is 7.64. The molecular weight excluding hydrogens is 230 g/mol. The van der Waals surface area contributed by atoms with Gasteiger partial charge in [0.15, 0.2) is 0 Å². The standard InChI is InChI=1S/C13H21N3O2/c1-18-7-3-6-16(10-13(15)17)9-11-4-2-5-12(14)8-11/h2,4-5,8H,3,6-7,9-10,14H2,1H3,(H2,15,17). The molecule has 1 amide bonds. The van der Waals surface area contributed by atoms with E-state index in [0.717, 1.165) is 24.2 Å². The first kappa shape index (κ1) is 14.5. The highest BCUT2D eigenvalue weighted by Crippen LogP contribution is 2.09. The molecule has 1 aromatic rings. The lowest BCUT2D eigenvalue weighted by atomic mass is 10.2. The van der Waals surface area contributed by atoms with Crippen LogP contribution in [0.1, 0.15) is 12.0 Å². The Hall–Kier alpha value is -1.59. The summed E-state index contributed by atoms with van der Waals surface area (Å²) >= 11 is 0. The fourth-order valence-corrected chi connectivity index (χ4v) is 1.82. The van der Waals surface area contributed by atoms with Crippen LogP contribution >= 0.6 is 0 Å². The van der Waals surface area contributed by atoms with Crippen LogP contribution in [-0.4, -0.2) is 37.6 Å². The van der Waals surface area contributed by atoms with E-state index in [4.69, 9.17) is 16.2 Å². The van der Waals surface area contributed by atoms with Gasteiger partial charge in [-0.25, -0.2) is 0 Å². The maximum absolute atomic E-state index is 11.0. The highest BCUT2D eigenvalue weighted by molar-refractivity contribution is 5.75. The first-order valence-corrected chi connectivity index (χ1v) is 5.96. The normalized spacial score (nSPS) is 10.8. The second-order valence-electron chi connectivity index (χ2n) is 4.27. The lowest BCUT2D eigenvalue weighted by molar-refractivity contribution is -0.119. The molecule has 100 valence electrons. The fraction of sp³-hybridized carbons (Fsp3) is 0.462. The maximum Gasteiger partial charge on any atom is 0.231 e. The third-order valence-electron chi connectivity index (χ3n) is 2.56. The number of hydrogen-bond acceptors (Lipinski definition) is 4. The number of hydrogen-bond donors (Lipinski definition) is 2. The first-order chi connectivity index (χ1) is 8.61. The zero-order chi connectivity index (χ0) is 13.4. The van der Waals surface area contributed by atoms with Gasteiger partial charge in [0.2, 0.25) is 5.91 Å². The van der Waals surface area contributed by atoms with Crippen LogP contribution in [0.5, 0.6) is 0 Å². The molecule has 0 radical (unpaired) electrons. The van der Waals surface area contributed by atoms with Crippen LogP contribution in [-0.2, 0) is 16.1 Å². The van der Waals surface area contributed by atoms with Crippen LogP contribution < -0.4 is 11.5 Å². The van der Waals surface area contributed by atoms with Crippen LogP contribution in [0, 0.1) is 0 Å². The average molecular weight is 251 g/mol. The molecule has 0 saturated heterocycles. The second-order valence-corrected chi connectivity index (χ2v) is 4.27. The molecule has 0 spiro atoms. The Labute approximate surface area is 108 Å². The summed E-state index contributed by atoms with van der Waals surface area (Å²) in [5.74, 6) is -0.323. The van der Waals surface area contributed by atoms with Gasteiger partial charge in [-0.05, 0) is 24.1 Å². The average Bonchev–Trinajstić information content (AvgIpc) is 2.28. The van der Waals surface area contributed by atoms with Crippen molar-refractivity contribution in [1.82, 2.24) is 4.90 Å². The van der Waals surface area contributed by atoms with Crippen LogP contribution in [0.15, 0.2) is 24.3 Å². The summed E-state index contributed by atoms with van der Waals surface area (Å²) < 4.78 is 5.00. The number of rotatable bonds is 8. The Morgan fingerprint density at radius 1 is 1.44 bits per heavy atom. The van der Waals surface area contributed by atoms with Crippen molar-refractivity contribution in [1.29, 1.82) is 0 Å². The third kappa shape index (κ3) is 5.65. The highest BCUT2D eigenvalue weighted by atomic mass is 16.5. The largest absolute Gasteiger partial charge is 0.399 e. The molecule has 1 rings (SSSR count). The van der Waals surface area contributed by atoms with Gasteiger partial charge in [-0.2, -0.15) is 0 Å². The number of nitrogens with two attached hydrogens (primary N) is 2. The molecule has 0 atom stereocenters. The molecule has 0 heterocycles. The Morgan fingerprint density at radius 2 is 2.22 bits per heavy atom. The molecule has 5 nitrogen and oxygen atoms in total. The number of methoxy groups -OCH3 is 1. The van der Waals surface area contributed by atoms with E-state index in [0.29, 0.717) is 13.2 Å². The molecule has 0 saturated carbocycles. The lowest BCUT2D eigenvalue weighted by Gasteiger charge is -2.20. The van der Waals surface area contributed by atoms with Gasteiger partial charge in [0, 0.05) is 32.5 Å². The van der Waals surface area contributed by atoms with E-state index < -0.39 is 0 Å². The van der Waals surface area contributed by atoms with Crippen molar-refractivity contribution in [2.45, 2.75) is 13.0 Å². The van der Waals surface area contributed by atoms with Gasteiger partial charge in [-0.15, -0.1) is 0 Å². The van der Waals surface area contributed by atoms with Gasteiger partial charge in [0.05, 0.1) is 6.54 Å². The monoisotopic (exact) mass is 251 g/mol. The minimum atomic E-state index is -0.323. The Morgan fingerprint density at radius 3 is 2.83 bits per heavy atom. The summed E-state index contributed by atoms with van der Waals surface area (Å²) in [4.78, 5) is 13.0. The number of amides is 1. The number of nitrogens with zero attached hydrogens (tertiary/aromatic N) is 1. The molecule has 5 heteroatoms. The molecule has 4 N–H and O–H groups in total. The molecular formula is C13H21N3O2. The number of carbonyl (C=O) groups is 1. The van der Waals surface area contributed by atoms with E-state index in [9.17, 15) is 4.79 Å². The maximum atomic E-state index is 11.0. The summed E-state index contributed by atoms with van der Waals surface area (Å²) in [6.45, 7) is 2.36. The van der Waals surface area contributed by atoms with Gasteiger partial charge in [0.25, 0.3) is 0 Å². The smallest absolute Gasteiger partial charge is 0.231 e. The van der Waals surface area contributed by atoms with Gasteiger partial charge in [-0.3, -0.25) is 9.69 Å². The number of benzene rings is 1. The van der Waals surface area contributed by atoms with E-state index in [1.165, 1.54) is 0 Å². The van der Waals surface area contributed by atoms with Crippen molar-refractivity contribution in [3.8, 4) is 0 Å². The minimum Gasteiger partial charge on any atom is -0.399 e. The molecule has 0 unspecified atom stereocenters. The molecule has 0 aromatic heterocycles. The summed E-state index contributed by atoms with van der Waals surface area (Å²) in [5.41, 5.74) is 12.8.